The number of carbonyl (C=O) groups is 2. The molecule has 0 unspecified atom stereocenters. The molecule has 0 saturated carbocycles. The van der Waals surface area contributed by atoms with E-state index in [0.29, 0.717) is 77.6 Å². The monoisotopic (exact) mass is 577 g/mol. The Morgan fingerprint density at radius 3 is 2.50 bits per heavy atom. The number of carbonyl (C=O) groups excluding carboxylic acids is 2. The number of likely N-dealkylation sites (tertiary alicyclic amines) is 1. The zero-order chi connectivity index (χ0) is 27.9. The van der Waals surface area contributed by atoms with Crippen LogP contribution in [0.4, 0.5) is 5.69 Å². The predicted octanol–water partition coefficient (Wildman–Crippen LogP) is 5.87. The number of halogens is 2. The number of piperidine rings is 1. The summed E-state index contributed by atoms with van der Waals surface area (Å²) in [7, 11) is 0. The molecule has 1 aliphatic heterocycles. The van der Waals surface area contributed by atoms with E-state index in [-0.39, 0.29) is 17.7 Å². The highest BCUT2D eigenvalue weighted by atomic mass is 35.5. The molecular formula is C30H29Cl2N5O3. The van der Waals surface area contributed by atoms with Crippen LogP contribution in [-0.4, -0.2) is 46.5 Å². The van der Waals surface area contributed by atoms with Gasteiger partial charge in [-0.25, -0.2) is 0 Å². The highest BCUT2D eigenvalue weighted by molar-refractivity contribution is 6.36. The van der Waals surface area contributed by atoms with E-state index in [4.69, 9.17) is 27.7 Å². The first-order valence-electron chi connectivity index (χ1n) is 13.2. The molecule has 1 aromatic heterocycles. The van der Waals surface area contributed by atoms with Gasteiger partial charge in [0, 0.05) is 23.0 Å². The second-order valence-electron chi connectivity index (χ2n) is 9.71. The average molecular weight is 579 g/mol. The van der Waals surface area contributed by atoms with Gasteiger partial charge in [0.05, 0.1) is 22.8 Å². The number of nitrogens with one attached hydrogen (secondary N) is 2. The van der Waals surface area contributed by atoms with Crippen LogP contribution in [0.15, 0.2) is 77.3 Å². The molecule has 0 aliphatic carbocycles. The summed E-state index contributed by atoms with van der Waals surface area (Å²) in [6.45, 7) is 2.41. The number of nitrogens with zero attached hydrogens (tertiary/aromatic N) is 3. The molecular weight excluding hydrogens is 549 g/mol. The fourth-order valence-corrected chi connectivity index (χ4v) is 5.22. The van der Waals surface area contributed by atoms with Crippen LogP contribution in [0.25, 0.3) is 11.4 Å². The van der Waals surface area contributed by atoms with Crippen LogP contribution in [0.5, 0.6) is 0 Å². The summed E-state index contributed by atoms with van der Waals surface area (Å²) in [5.41, 5.74) is 2.78. The Bertz CT molecular complexity index is 1470. The van der Waals surface area contributed by atoms with Crippen molar-refractivity contribution in [1.82, 2.24) is 20.4 Å². The molecule has 10 heteroatoms. The number of benzene rings is 3. The summed E-state index contributed by atoms with van der Waals surface area (Å²) in [5, 5.41) is 11.0. The smallest absolute Gasteiger partial charge is 0.253 e. The van der Waals surface area contributed by atoms with E-state index in [1.165, 1.54) is 0 Å². The molecule has 0 bridgehead atoms. The van der Waals surface area contributed by atoms with Crippen molar-refractivity contribution in [2.24, 2.45) is 5.92 Å². The van der Waals surface area contributed by atoms with Gasteiger partial charge in [0.25, 0.3) is 5.91 Å². The SMILES string of the molecule is O=C(NCCc1ccccc1)c1ccccc1NC(=O)C1CCN(Cc2nc(-c3ccc(Cl)cc3Cl)no2)CC1. The van der Waals surface area contributed by atoms with Crippen molar-refractivity contribution >= 4 is 40.7 Å². The van der Waals surface area contributed by atoms with Crippen LogP contribution in [-0.2, 0) is 17.8 Å². The molecule has 1 fully saturated rings. The van der Waals surface area contributed by atoms with Crippen molar-refractivity contribution in [1.29, 1.82) is 0 Å². The molecule has 4 aromatic rings. The van der Waals surface area contributed by atoms with Crippen LogP contribution in [0.2, 0.25) is 10.0 Å². The minimum atomic E-state index is -0.208. The lowest BCUT2D eigenvalue weighted by molar-refractivity contribution is -0.121. The Morgan fingerprint density at radius 2 is 1.73 bits per heavy atom. The fourth-order valence-electron chi connectivity index (χ4n) is 4.73. The average Bonchev–Trinajstić information content (AvgIpc) is 3.42. The maximum absolute atomic E-state index is 13.1. The normalized spacial score (nSPS) is 14.2. The second kappa shape index (κ2) is 13.1. The van der Waals surface area contributed by atoms with Gasteiger partial charge < -0.3 is 15.2 Å². The highest BCUT2D eigenvalue weighted by Gasteiger charge is 2.27. The number of para-hydroxylation sites is 1. The minimum absolute atomic E-state index is 0.0818. The summed E-state index contributed by atoms with van der Waals surface area (Å²) in [4.78, 5) is 32.6. The van der Waals surface area contributed by atoms with Gasteiger partial charge in [-0.2, -0.15) is 4.98 Å². The third kappa shape index (κ3) is 7.07. The molecule has 0 spiro atoms. The zero-order valence-corrected chi connectivity index (χ0v) is 23.3. The van der Waals surface area contributed by atoms with E-state index < -0.39 is 0 Å². The van der Waals surface area contributed by atoms with Gasteiger partial charge in [0.1, 0.15) is 0 Å². The van der Waals surface area contributed by atoms with Gasteiger partial charge in [-0.1, -0.05) is 70.8 Å². The van der Waals surface area contributed by atoms with Gasteiger partial charge in [-0.3, -0.25) is 14.5 Å². The van der Waals surface area contributed by atoms with Crippen molar-refractivity contribution in [2.75, 3.05) is 25.0 Å². The Morgan fingerprint density at radius 1 is 0.975 bits per heavy atom. The topological polar surface area (TPSA) is 100 Å². The summed E-state index contributed by atoms with van der Waals surface area (Å²) >= 11 is 12.2. The van der Waals surface area contributed by atoms with Crippen LogP contribution < -0.4 is 10.6 Å². The number of hydrogen-bond acceptors (Lipinski definition) is 6. The standard InChI is InChI=1S/C30H29Cl2N5O3/c31-22-10-11-23(25(32)18-22)28-35-27(40-36-28)19-37-16-13-21(14-17-37)29(38)34-26-9-5-4-8-24(26)30(39)33-15-12-20-6-2-1-3-7-20/h1-11,18,21H,12-17,19H2,(H,33,39)(H,34,38). The molecule has 8 nitrogen and oxygen atoms in total. The van der Waals surface area contributed by atoms with Crippen LogP contribution in [0.3, 0.4) is 0 Å². The number of anilines is 1. The Balaban J connectivity index is 1.11. The molecule has 206 valence electrons. The van der Waals surface area contributed by atoms with E-state index in [1.54, 1.807) is 36.4 Å². The summed E-state index contributed by atoms with van der Waals surface area (Å²) < 4.78 is 5.44. The molecule has 40 heavy (non-hydrogen) atoms. The lowest BCUT2D eigenvalue weighted by Gasteiger charge is -2.30. The number of amides is 2. The summed E-state index contributed by atoms with van der Waals surface area (Å²) in [6, 6.07) is 22.2. The van der Waals surface area contributed by atoms with Gasteiger partial charge in [0.15, 0.2) is 0 Å². The first-order valence-corrected chi connectivity index (χ1v) is 13.9. The molecule has 2 N–H and O–H groups in total. The van der Waals surface area contributed by atoms with Gasteiger partial charge in [-0.05, 0) is 68.2 Å². The minimum Gasteiger partial charge on any atom is -0.352 e. The molecule has 0 radical (unpaired) electrons. The highest BCUT2D eigenvalue weighted by Crippen LogP contribution is 2.29. The first-order chi connectivity index (χ1) is 19.5. The first kappa shape index (κ1) is 27.8. The van der Waals surface area contributed by atoms with Crippen LogP contribution >= 0.6 is 23.2 Å². The molecule has 0 atom stereocenters. The van der Waals surface area contributed by atoms with Crippen molar-refractivity contribution < 1.29 is 14.1 Å². The molecule has 1 aliphatic rings. The van der Waals surface area contributed by atoms with E-state index in [0.717, 1.165) is 12.0 Å². The quantitative estimate of drug-likeness (QED) is 0.258. The molecule has 2 amide bonds. The van der Waals surface area contributed by atoms with Gasteiger partial charge >= 0.3 is 0 Å². The van der Waals surface area contributed by atoms with Gasteiger partial charge in [0.2, 0.25) is 17.6 Å². The summed E-state index contributed by atoms with van der Waals surface area (Å²) in [6.07, 6.45) is 2.10. The maximum Gasteiger partial charge on any atom is 0.253 e. The third-order valence-electron chi connectivity index (χ3n) is 6.93. The Kier molecular flexibility index (Phi) is 9.11. The molecule has 3 aromatic carbocycles. The molecule has 1 saturated heterocycles. The van der Waals surface area contributed by atoms with E-state index >= 15 is 0 Å². The predicted molar refractivity (Wildman–Crippen MR) is 155 cm³/mol. The van der Waals surface area contributed by atoms with Crippen LogP contribution in [0.1, 0.15) is 34.7 Å². The second-order valence-corrected chi connectivity index (χ2v) is 10.6. The Labute approximate surface area is 242 Å². The largest absolute Gasteiger partial charge is 0.352 e. The summed E-state index contributed by atoms with van der Waals surface area (Å²) in [5.74, 6) is 0.448. The lowest BCUT2D eigenvalue weighted by Crippen LogP contribution is -2.38. The van der Waals surface area contributed by atoms with Crippen molar-refractivity contribution in [3.8, 4) is 11.4 Å². The third-order valence-corrected chi connectivity index (χ3v) is 7.48. The zero-order valence-electron chi connectivity index (χ0n) is 21.8. The number of aromatic nitrogens is 2. The Hall–Kier alpha value is -3.72. The van der Waals surface area contributed by atoms with E-state index in [1.807, 2.05) is 36.4 Å². The molecule has 5 rings (SSSR count). The number of hydrogen-bond donors (Lipinski definition) is 2. The van der Waals surface area contributed by atoms with Crippen molar-refractivity contribution in [2.45, 2.75) is 25.8 Å². The van der Waals surface area contributed by atoms with Crippen molar-refractivity contribution in [3.05, 3.63) is 99.9 Å². The van der Waals surface area contributed by atoms with E-state index in [2.05, 4.69) is 25.7 Å². The van der Waals surface area contributed by atoms with E-state index in [9.17, 15) is 9.59 Å². The van der Waals surface area contributed by atoms with Gasteiger partial charge in [-0.15, -0.1) is 0 Å². The fraction of sp³-hybridized carbons (Fsp3) is 0.267. The maximum atomic E-state index is 13.1. The van der Waals surface area contributed by atoms with Crippen LogP contribution in [0, 0.1) is 5.92 Å². The lowest BCUT2D eigenvalue weighted by atomic mass is 9.95. The van der Waals surface area contributed by atoms with Crippen molar-refractivity contribution in [3.63, 3.8) is 0 Å². The molecule has 2 heterocycles. The number of rotatable bonds is 9.